The number of rotatable bonds is 5. The van der Waals surface area contributed by atoms with E-state index in [1.165, 1.54) is 0 Å². The van der Waals surface area contributed by atoms with Crippen LogP contribution in [0, 0.1) is 17.8 Å². The molecule has 1 aliphatic heterocycles. The molecule has 0 radical (unpaired) electrons. The Balaban J connectivity index is 2.18. The third kappa shape index (κ3) is 3.82. The Bertz CT molecular complexity index is 522. The normalized spacial score (nSPS) is 29.0. The predicted molar refractivity (Wildman–Crippen MR) is 88.8 cm³/mol. The third-order valence-corrected chi connectivity index (χ3v) is 4.74. The minimum atomic E-state index is -0.917. The number of hydrogen-bond acceptors (Lipinski definition) is 5. The van der Waals surface area contributed by atoms with Crippen molar-refractivity contribution in [3.05, 3.63) is 0 Å². The minimum Gasteiger partial charge on any atom is -0.481 e. The zero-order chi connectivity index (χ0) is 18.1. The number of oxime groups is 1. The maximum Gasteiger partial charge on any atom is 0.407 e. The van der Waals surface area contributed by atoms with E-state index in [0.29, 0.717) is 6.42 Å². The molecule has 1 aliphatic carbocycles. The molecule has 7 heteroatoms. The number of carbonyl (C=O) groups excluding carboxylic acids is 1. The summed E-state index contributed by atoms with van der Waals surface area (Å²) in [5.41, 5.74) is 0.266. The Morgan fingerprint density at radius 3 is 2.50 bits per heavy atom. The van der Waals surface area contributed by atoms with Crippen molar-refractivity contribution in [2.75, 3.05) is 0 Å². The SMILES string of the molecule is CCC(CC)C1=NO[C@H]2[C@@H]1[C@H](NC(=O)OC(C)(C)C)C[C@@H]2C(=O)O. The zero-order valence-electron chi connectivity index (χ0n) is 15.0. The minimum absolute atomic E-state index is 0.205. The molecule has 4 atom stereocenters. The van der Waals surface area contributed by atoms with E-state index in [-0.39, 0.29) is 17.9 Å². The van der Waals surface area contributed by atoms with E-state index in [4.69, 9.17) is 9.57 Å². The summed E-state index contributed by atoms with van der Waals surface area (Å²) in [7, 11) is 0. The summed E-state index contributed by atoms with van der Waals surface area (Å²) in [5, 5.41) is 16.5. The number of nitrogens with zero attached hydrogens (tertiary/aromatic N) is 1. The molecular weight excluding hydrogens is 312 g/mol. The number of aliphatic carboxylic acids is 1. The summed E-state index contributed by atoms with van der Waals surface area (Å²) in [6.45, 7) is 9.52. The van der Waals surface area contributed by atoms with Gasteiger partial charge in [-0.15, -0.1) is 0 Å². The first kappa shape index (κ1) is 18.5. The topological polar surface area (TPSA) is 97.2 Å². The van der Waals surface area contributed by atoms with E-state index >= 15 is 0 Å². The van der Waals surface area contributed by atoms with Crippen molar-refractivity contribution in [1.82, 2.24) is 5.32 Å². The maximum absolute atomic E-state index is 12.1. The molecule has 1 fully saturated rings. The van der Waals surface area contributed by atoms with Gasteiger partial charge >= 0.3 is 12.1 Å². The van der Waals surface area contributed by atoms with Crippen molar-refractivity contribution in [3.8, 4) is 0 Å². The molecule has 7 nitrogen and oxygen atoms in total. The van der Waals surface area contributed by atoms with Gasteiger partial charge < -0.3 is 20.0 Å². The predicted octanol–water partition coefficient (Wildman–Crippen LogP) is 2.79. The lowest BCUT2D eigenvalue weighted by atomic mass is 9.84. The Morgan fingerprint density at radius 2 is 2.00 bits per heavy atom. The van der Waals surface area contributed by atoms with Crippen LogP contribution in [0.25, 0.3) is 0 Å². The van der Waals surface area contributed by atoms with Crippen molar-refractivity contribution in [3.63, 3.8) is 0 Å². The molecule has 1 heterocycles. The first-order chi connectivity index (χ1) is 11.2. The smallest absolute Gasteiger partial charge is 0.407 e. The van der Waals surface area contributed by atoms with E-state index in [2.05, 4.69) is 24.3 Å². The van der Waals surface area contributed by atoms with E-state index < -0.39 is 29.7 Å². The fourth-order valence-electron chi connectivity index (χ4n) is 3.63. The summed E-state index contributed by atoms with van der Waals surface area (Å²) >= 11 is 0. The first-order valence-electron chi connectivity index (χ1n) is 8.63. The molecule has 0 bridgehead atoms. The molecule has 2 aliphatic rings. The molecule has 0 aromatic heterocycles. The monoisotopic (exact) mass is 340 g/mol. The van der Waals surface area contributed by atoms with Gasteiger partial charge in [0.1, 0.15) is 5.60 Å². The highest BCUT2D eigenvalue weighted by molar-refractivity contribution is 5.92. The summed E-state index contributed by atoms with van der Waals surface area (Å²) in [6, 6.07) is -0.340. The highest BCUT2D eigenvalue weighted by Crippen LogP contribution is 2.41. The number of carboxylic acids is 1. The van der Waals surface area contributed by atoms with Crippen LogP contribution in [-0.2, 0) is 14.4 Å². The molecule has 1 saturated carbocycles. The second-order valence-corrected chi connectivity index (χ2v) is 7.56. The molecule has 0 saturated heterocycles. The van der Waals surface area contributed by atoms with Crippen LogP contribution in [0.15, 0.2) is 5.16 Å². The lowest BCUT2D eigenvalue weighted by Crippen LogP contribution is -2.45. The molecule has 0 spiro atoms. The number of ether oxygens (including phenoxy) is 1. The van der Waals surface area contributed by atoms with Crippen molar-refractivity contribution >= 4 is 17.8 Å². The van der Waals surface area contributed by atoms with Crippen LogP contribution in [0.2, 0.25) is 0 Å². The molecule has 0 unspecified atom stereocenters. The van der Waals surface area contributed by atoms with Gasteiger partial charge in [-0.25, -0.2) is 4.79 Å². The van der Waals surface area contributed by atoms with Crippen LogP contribution in [0.1, 0.15) is 53.9 Å². The molecule has 2 rings (SSSR count). The molecule has 136 valence electrons. The van der Waals surface area contributed by atoms with Crippen LogP contribution in [0.3, 0.4) is 0 Å². The van der Waals surface area contributed by atoms with Crippen LogP contribution >= 0.6 is 0 Å². The average Bonchev–Trinajstić information content (AvgIpc) is 3.00. The molecular formula is C17H28N2O5. The molecule has 1 amide bonds. The summed E-state index contributed by atoms with van der Waals surface area (Å²) in [4.78, 5) is 29.2. The number of fused-ring (bicyclic) bond motifs is 1. The maximum atomic E-state index is 12.1. The van der Waals surface area contributed by atoms with E-state index in [1.54, 1.807) is 20.8 Å². The second-order valence-electron chi connectivity index (χ2n) is 7.56. The van der Waals surface area contributed by atoms with Crippen LogP contribution in [0.5, 0.6) is 0 Å². The quantitative estimate of drug-likeness (QED) is 0.802. The average molecular weight is 340 g/mol. The van der Waals surface area contributed by atoms with Crippen molar-refractivity contribution < 1.29 is 24.3 Å². The fourth-order valence-corrected chi connectivity index (χ4v) is 3.63. The number of hydrogen-bond donors (Lipinski definition) is 2. The van der Waals surface area contributed by atoms with Gasteiger partial charge in [0.05, 0.1) is 17.5 Å². The van der Waals surface area contributed by atoms with Gasteiger partial charge in [-0.1, -0.05) is 19.0 Å². The molecule has 24 heavy (non-hydrogen) atoms. The second kappa shape index (κ2) is 6.99. The van der Waals surface area contributed by atoms with Gasteiger partial charge in [0.2, 0.25) is 0 Å². The summed E-state index contributed by atoms with van der Waals surface area (Å²) < 4.78 is 5.31. The lowest BCUT2D eigenvalue weighted by Gasteiger charge is -2.25. The Morgan fingerprint density at radius 1 is 1.38 bits per heavy atom. The van der Waals surface area contributed by atoms with E-state index in [1.807, 2.05) is 0 Å². The zero-order valence-corrected chi connectivity index (χ0v) is 15.0. The van der Waals surface area contributed by atoms with Crippen LogP contribution < -0.4 is 5.32 Å². The highest BCUT2D eigenvalue weighted by atomic mass is 16.6. The fraction of sp³-hybridized carbons (Fsp3) is 0.824. The Hall–Kier alpha value is -1.79. The van der Waals surface area contributed by atoms with Gasteiger partial charge in [-0.2, -0.15) is 0 Å². The van der Waals surface area contributed by atoms with Gasteiger partial charge in [0, 0.05) is 12.0 Å². The molecule has 2 N–H and O–H groups in total. The first-order valence-corrected chi connectivity index (χ1v) is 8.63. The Labute approximate surface area is 142 Å². The molecule has 0 aromatic rings. The number of carbonyl (C=O) groups is 2. The van der Waals surface area contributed by atoms with Crippen molar-refractivity contribution in [2.24, 2.45) is 22.9 Å². The highest BCUT2D eigenvalue weighted by Gasteiger charge is 2.55. The van der Waals surface area contributed by atoms with Gasteiger partial charge in [0.15, 0.2) is 6.10 Å². The summed E-state index contributed by atoms with van der Waals surface area (Å²) in [6.07, 6.45) is 1.08. The van der Waals surface area contributed by atoms with Crippen molar-refractivity contribution in [2.45, 2.75) is 71.6 Å². The molecule has 0 aromatic carbocycles. The van der Waals surface area contributed by atoms with E-state index in [9.17, 15) is 14.7 Å². The van der Waals surface area contributed by atoms with Gasteiger partial charge in [-0.05, 0) is 40.0 Å². The lowest BCUT2D eigenvalue weighted by molar-refractivity contribution is -0.145. The number of amides is 1. The summed E-state index contributed by atoms with van der Waals surface area (Å²) in [5.74, 6) is -1.57. The largest absolute Gasteiger partial charge is 0.481 e. The van der Waals surface area contributed by atoms with Gasteiger partial charge in [0.25, 0.3) is 0 Å². The van der Waals surface area contributed by atoms with Gasteiger partial charge in [-0.3, -0.25) is 4.79 Å². The van der Waals surface area contributed by atoms with Crippen LogP contribution in [-0.4, -0.2) is 40.6 Å². The van der Waals surface area contributed by atoms with Crippen LogP contribution in [0.4, 0.5) is 4.79 Å². The Kier molecular flexibility index (Phi) is 5.40. The van der Waals surface area contributed by atoms with Crippen molar-refractivity contribution in [1.29, 1.82) is 0 Å². The number of nitrogens with one attached hydrogen (secondary N) is 1. The van der Waals surface area contributed by atoms with E-state index in [0.717, 1.165) is 18.6 Å². The standard InChI is InChI=1S/C17H28N2O5/c1-6-9(7-2)13-12-11(18-16(22)23-17(3,4)5)8-10(15(20)21)14(12)24-19-13/h9-12,14H,6-8H2,1-5H3,(H,18,22)(H,20,21)/t10-,11+,12+,14+/m0/s1. The number of alkyl carbamates (subject to hydrolysis) is 1. The third-order valence-electron chi connectivity index (χ3n) is 4.74. The number of carboxylic acid groups (broad SMARTS) is 1.